The number of hydrogen-bond acceptors (Lipinski definition) is 5. The molecule has 0 aliphatic heterocycles. The first-order chi connectivity index (χ1) is 13.1. The lowest BCUT2D eigenvalue weighted by atomic mass is 10.1. The van der Waals surface area contributed by atoms with Gasteiger partial charge in [-0.05, 0) is 18.1 Å². The fourth-order valence-electron chi connectivity index (χ4n) is 2.89. The second kappa shape index (κ2) is 7.11. The van der Waals surface area contributed by atoms with Gasteiger partial charge in [-0.3, -0.25) is 0 Å². The van der Waals surface area contributed by atoms with Crippen LogP contribution in [0, 0.1) is 0 Å². The predicted octanol–water partition coefficient (Wildman–Crippen LogP) is 3.66. The summed E-state index contributed by atoms with van der Waals surface area (Å²) < 4.78 is 8.94. The van der Waals surface area contributed by atoms with Crippen LogP contribution in [0.2, 0.25) is 0 Å². The molecule has 0 aliphatic carbocycles. The Morgan fingerprint density at radius 1 is 1.15 bits per heavy atom. The quantitative estimate of drug-likeness (QED) is 0.567. The molecule has 0 radical (unpaired) electrons. The number of benzene rings is 1. The van der Waals surface area contributed by atoms with Crippen LogP contribution in [-0.2, 0) is 6.54 Å². The van der Waals surface area contributed by atoms with E-state index in [2.05, 4.69) is 40.4 Å². The Bertz CT molecular complexity index is 1070. The Morgan fingerprint density at radius 3 is 2.85 bits per heavy atom. The SMILES string of the molecule is COc1cccc(-n2cc(CNc3cc(C(C)C)nc4ccnn34)cn2)c1. The van der Waals surface area contributed by atoms with Crippen molar-refractivity contribution in [1.29, 1.82) is 0 Å². The number of nitrogens with one attached hydrogen (secondary N) is 1. The van der Waals surface area contributed by atoms with E-state index in [1.807, 2.05) is 51.9 Å². The topological polar surface area (TPSA) is 69.3 Å². The lowest BCUT2D eigenvalue weighted by Crippen LogP contribution is -2.07. The predicted molar refractivity (Wildman–Crippen MR) is 105 cm³/mol. The van der Waals surface area contributed by atoms with E-state index in [1.165, 1.54) is 0 Å². The van der Waals surface area contributed by atoms with E-state index in [1.54, 1.807) is 13.3 Å². The highest BCUT2D eigenvalue weighted by Gasteiger charge is 2.10. The van der Waals surface area contributed by atoms with Crippen LogP contribution in [0.1, 0.15) is 31.0 Å². The van der Waals surface area contributed by atoms with Crippen LogP contribution in [0.15, 0.2) is 55.0 Å². The van der Waals surface area contributed by atoms with Crippen LogP contribution in [-0.4, -0.2) is 31.5 Å². The Morgan fingerprint density at radius 2 is 2.04 bits per heavy atom. The number of hydrogen-bond donors (Lipinski definition) is 1. The zero-order chi connectivity index (χ0) is 18.8. The Hall–Kier alpha value is -3.35. The van der Waals surface area contributed by atoms with Crippen LogP contribution in [0.5, 0.6) is 5.75 Å². The van der Waals surface area contributed by atoms with Gasteiger partial charge in [-0.2, -0.15) is 14.7 Å². The van der Waals surface area contributed by atoms with Crippen molar-refractivity contribution in [3.05, 3.63) is 66.2 Å². The standard InChI is InChI=1S/C20H22N6O/c1-14(2)18-10-20(26-19(24-18)7-8-22-26)21-11-15-12-23-25(13-15)16-5-4-6-17(9-16)27-3/h4-10,12-14,21H,11H2,1-3H3. The summed E-state index contributed by atoms with van der Waals surface area (Å²) in [5, 5.41) is 12.3. The van der Waals surface area contributed by atoms with E-state index in [0.29, 0.717) is 12.5 Å². The molecule has 0 fully saturated rings. The summed E-state index contributed by atoms with van der Waals surface area (Å²) in [5.41, 5.74) is 3.91. The summed E-state index contributed by atoms with van der Waals surface area (Å²) in [5.74, 6) is 2.07. The fraction of sp³-hybridized carbons (Fsp3) is 0.250. The van der Waals surface area contributed by atoms with Crippen molar-refractivity contribution in [3.8, 4) is 11.4 Å². The van der Waals surface area contributed by atoms with Gasteiger partial charge < -0.3 is 10.1 Å². The van der Waals surface area contributed by atoms with Crippen LogP contribution in [0.25, 0.3) is 11.3 Å². The smallest absolute Gasteiger partial charge is 0.157 e. The molecule has 7 nitrogen and oxygen atoms in total. The number of methoxy groups -OCH3 is 1. The lowest BCUT2D eigenvalue weighted by Gasteiger charge is -2.11. The van der Waals surface area contributed by atoms with Crippen molar-refractivity contribution in [2.24, 2.45) is 0 Å². The maximum Gasteiger partial charge on any atom is 0.157 e. The molecule has 27 heavy (non-hydrogen) atoms. The molecule has 0 amide bonds. The van der Waals surface area contributed by atoms with Gasteiger partial charge in [0.1, 0.15) is 11.6 Å². The second-order valence-corrected chi connectivity index (χ2v) is 6.67. The number of anilines is 1. The first-order valence-corrected chi connectivity index (χ1v) is 8.90. The third-order valence-corrected chi connectivity index (χ3v) is 4.40. The van der Waals surface area contributed by atoms with E-state index >= 15 is 0 Å². The molecule has 0 saturated carbocycles. The maximum atomic E-state index is 5.28. The molecule has 4 aromatic rings. The monoisotopic (exact) mass is 362 g/mol. The van der Waals surface area contributed by atoms with Gasteiger partial charge >= 0.3 is 0 Å². The average Bonchev–Trinajstić information content (AvgIpc) is 3.35. The second-order valence-electron chi connectivity index (χ2n) is 6.67. The van der Waals surface area contributed by atoms with Gasteiger partial charge in [0.25, 0.3) is 0 Å². The van der Waals surface area contributed by atoms with Gasteiger partial charge in [0.05, 0.1) is 25.2 Å². The minimum atomic E-state index is 0.348. The van der Waals surface area contributed by atoms with Gasteiger partial charge in [0.2, 0.25) is 0 Å². The highest BCUT2D eigenvalue weighted by atomic mass is 16.5. The molecule has 7 heteroatoms. The minimum Gasteiger partial charge on any atom is -0.497 e. The maximum absolute atomic E-state index is 5.28. The fourth-order valence-corrected chi connectivity index (χ4v) is 2.89. The zero-order valence-electron chi connectivity index (χ0n) is 15.6. The molecule has 0 bridgehead atoms. The molecular formula is C20H22N6O. The molecule has 4 rings (SSSR count). The summed E-state index contributed by atoms with van der Waals surface area (Å²) in [6.45, 7) is 4.91. The average molecular weight is 362 g/mol. The minimum absolute atomic E-state index is 0.348. The van der Waals surface area contributed by atoms with Crippen LogP contribution in [0.3, 0.4) is 0 Å². The van der Waals surface area contributed by atoms with Crippen molar-refractivity contribution in [3.63, 3.8) is 0 Å². The van der Waals surface area contributed by atoms with Crippen molar-refractivity contribution in [2.45, 2.75) is 26.3 Å². The number of fused-ring (bicyclic) bond motifs is 1. The lowest BCUT2D eigenvalue weighted by molar-refractivity contribution is 0.414. The Kier molecular flexibility index (Phi) is 4.50. The third-order valence-electron chi connectivity index (χ3n) is 4.40. The largest absolute Gasteiger partial charge is 0.497 e. The third kappa shape index (κ3) is 3.48. The Labute approximate surface area is 157 Å². The van der Waals surface area contributed by atoms with Crippen molar-refractivity contribution in [1.82, 2.24) is 24.4 Å². The molecule has 1 aromatic carbocycles. The first-order valence-electron chi connectivity index (χ1n) is 8.90. The summed E-state index contributed by atoms with van der Waals surface area (Å²) in [4.78, 5) is 4.64. The van der Waals surface area contributed by atoms with Crippen molar-refractivity contribution in [2.75, 3.05) is 12.4 Å². The van der Waals surface area contributed by atoms with E-state index < -0.39 is 0 Å². The number of ether oxygens (including phenoxy) is 1. The van der Waals surface area contributed by atoms with E-state index in [4.69, 9.17) is 4.74 Å². The highest BCUT2D eigenvalue weighted by Crippen LogP contribution is 2.20. The number of rotatable bonds is 6. The summed E-state index contributed by atoms with van der Waals surface area (Å²) in [7, 11) is 1.66. The molecule has 0 spiro atoms. The van der Waals surface area contributed by atoms with Gasteiger partial charge in [-0.1, -0.05) is 19.9 Å². The molecule has 0 unspecified atom stereocenters. The van der Waals surface area contributed by atoms with Gasteiger partial charge in [-0.25, -0.2) is 9.67 Å². The highest BCUT2D eigenvalue weighted by molar-refractivity contribution is 5.50. The van der Waals surface area contributed by atoms with Crippen molar-refractivity contribution < 1.29 is 4.74 Å². The molecule has 3 heterocycles. The molecule has 1 N–H and O–H groups in total. The van der Waals surface area contributed by atoms with E-state index in [9.17, 15) is 0 Å². The summed E-state index contributed by atoms with van der Waals surface area (Å²) in [6.07, 6.45) is 5.63. The first kappa shape index (κ1) is 17.1. The summed E-state index contributed by atoms with van der Waals surface area (Å²) >= 11 is 0. The normalized spacial score (nSPS) is 11.3. The van der Waals surface area contributed by atoms with Gasteiger partial charge in [-0.15, -0.1) is 0 Å². The summed E-state index contributed by atoms with van der Waals surface area (Å²) in [6, 6.07) is 11.8. The number of nitrogens with zero attached hydrogens (tertiary/aromatic N) is 5. The zero-order valence-corrected chi connectivity index (χ0v) is 15.6. The van der Waals surface area contributed by atoms with Gasteiger partial charge in [0.15, 0.2) is 5.65 Å². The van der Waals surface area contributed by atoms with Crippen LogP contribution in [0.4, 0.5) is 5.82 Å². The van der Waals surface area contributed by atoms with E-state index in [0.717, 1.165) is 34.2 Å². The Balaban J connectivity index is 1.55. The molecule has 0 atom stereocenters. The molecule has 138 valence electrons. The molecule has 0 saturated heterocycles. The molecule has 0 aliphatic rings. The van der Waals surface area contributed by atoms with Gasteiger partial charge in [0, 0.05) is 42.2 Å². The van der Waals surface area contributed by atoms with E-state index in [-0.39, 0.29) is 0 Å². The molecule has 3 aromatic heterocycles. The molecular weight excluding hydrogens is 340 g/mol. The van der Waals surface area contributed by atoms with Crippen molar-refractivity contribution >= 4 is 11.5 Å². The number of aromatic nitrogens is 5. The van der Waals surface area contributed by atoms with Crippen LogP contribution < -0.4 is 10.1 Å². The van der Waals surface area contributed by atoms with Crippen LogP contribution >= 0.6 is 0 Å².